The van der Waals surface area contributed by atoms with Crippen molar-refractivity contribution in [3.8, 4) is 0 Å². The van der Waals surface area contributed by atoms with Gasteiger partial charge in [0.15, 0.2) is 5.79 Å². The SMILES string of the molecule is CCCCCCCCC(C12CC3CC(CC(C3)C1)C2)C(OC(C)C)(OC(C)C)C12CC3CC(CC(C3)C1)C2. The maximum Gasteiger partial charge on any atom is 0.177 e. The summed E-state index contributed by atoms with van der Waals surface area (Å²) in [7, 11) is 0. The molecule has 8 bridgehead atoms. The van der Waals surface area contributed by atoms with Crippen LogP contribution < -0.4 is 0 Å². The van der Waals surface area contributed by atoms with E-state index in [2.05, 4.69) is 34.6 Å². The van der Waals surface area contributed by atoms with E-state index in [1.54, 1.807) is 0 Å². The van der Waals surface area contributed by atoms with E-state index >= 15 is 0 Å². The predicted molar refractivity (Wildman–Crippen MR) is 158 cm³/mol. The molecule has 0 spiro atoms. The molecule has 0 aliphatic heterocycles. The van der Waals surface area contributed by atoms with Crippen molar-refractivity contribution < 1.29 is 9.47 Å². The Morgan fingerprint density at radius 3 is 1.39 bits per heavy atom. The van der Waals surface area contributed by atoms with E-state index < -0.39 is 0 Å². The Balaban J connectivity index is 1.40. The van der Waals surface area contributed by atoms with E-state index in [1.807, 2.05) is 0 Å². The maximum absolute atomic E-state index is 7.56. The van der Waals surface area contributed by atoms with Gasteiger partial charge in [-0.25, -0.2) is 0 Å². The first-order valence-electron chi connectivity index (χ1n) is 17.6. The quantitative estimate of drug-likeness (QED) is 0.165. The summed E-state index contributed by atoms with van der Waals surface area (Å²) in [4.78, 5) is 0. The van der Waals surface area contributed by atoms with Crippen LogP contribution >= 0.6 is 0 Å². The summed E-state index contributed by atoms with van der Waals surface area (Å²) >= 11 is 0. The Bertz CT molecular complexity index is 715. The highest BCUT2D eigenvalue weighted by molar-refractivity contribution is 5.15. The molecule has 8 saturated carbocycles. The van der Waals surface area contributed by atoms with Gasteiger partial charge in [0.05, 0.1) is 12.2 Å². The van der Waals surface area contributed by atoms with E-state index in [4.69, 9.17) is 9.47 Å². The standard InChI is InChI=1S/C36H62O2/c1-6-7-8-9-10-11-12-33(34-19-27-13-28(20-34)15-29(14-27)21-34)36(37-25(2)3,38-26(4)5)35-22-30-16-31(23-35)18-32(17-30)24-35/h25-33H,6-24H2,1-5H3. The molecule has 2 heteroatoms. The molecule has 8 rings (SSSR count). The van der Waals surface area contributed by atoms with Gasteiger partial charge in [-0.2, -0.15) is 0 Å². The Morgan fingerprint density at radius 2 is 0.974 bits per heavy atom. The summed E-state index contributed by atoms with van der Waals surface area (Å²) < 4.78 is 15.1. The van der Waals surface area contributed by atoms with Gasteiger partial charge < -0.3 is 9.47 Å². The van der Waals surface area contributed by atoms with Crippen LogP contribution in [-0.2, 0) is 9.47 Å². The number of hydrogen-bond acceptors (Lipinski definition) is 2. The molecule has 8 fully saturated rings. The molecule has 0 N–H and O–H groups in total. The average molecular weight is 527 g/mol. The van der Waals surface area contributed by atoms with Crippen LogP contribution in [-0.4, -0.2) is 18.0 Å². The first-order chi connectivity index (χ1) is 18.2. The molecule has 0 heterocycles. The van der Waals surface area contributed by atoms with Crippen molar-refractivity contribution in [2.24, 2.45) is 52.3 Å². The van der Waals surface area contributed by atoms with Gasteiger partial charge in [-0.05, 0) is 152 Å². The van der Waals surface area contributed by atoms with Gasteiger partial charge in [0.1, 0.15) is 0 Å². The Morgan fingerprint density at radius 1 is 0.579 bits per heavy atom. The van der Waals surface area contributed by atoms with Crippen LogP contribution in [0.25, 0.3) is 0 Å². The van der Waals surface area contributed by atoms with Crippen molar-refractivity contribution >= 4 is 0 Å². The fourth-order valence-corrected chi connectivity index (χ4v) is 12.7. The van der Waals surface area contributed by atoms with Crippen molar-refractivity contribution in [2.75, 3.05) is 0 Å². The lowest BCUT2D eigenvalue weighted by molar-refractivity contribution is -0.393. The van der Waals surface area contributed by atoms with Gasteiger partial charge in [0.2, 0.25) is 0 Å². The van der Waals surface area contributed by atoms with Crippen LogP contribution in [0.3, 0.4) is 0 Å². The largest absolute Gasteiger partial charge is 0.346 e. The minimum atomic E-state index is -0.388. The predicted octanol–water partition coefficient (Wildman–Crippen LogP) is 10.3. The summed E-state index contributed by atoms with van der Waals surface area (Å²) in [6, 6.07) is 0. The summed E-state index contributed by atoms with van der Waals surface area (Å²) in [5.74, 6) is 5.94. The monoisotopic (exact) mass is 526 g/mol. The summed E-state index contributed by atoms with van der Waals surface area (Å²) in [6.07, 6.45) is 27.9. The topological polar surface area (TPSA) is 18.5 Å². The number of rotatable bonds is 14. The van der Waals surface area contributed by atoms with Gasteiger partial charge in [0, 0.05) is 11.3 Å². The lowest BCUT2D eigenvalue weighted by Gasteiger charge is -2.69. The van der Waals surface area contributed by atoms with Crippen molar-refractivity contribution in [2.45, 2.75) is 175 Å². The molecule has 8 aliphatic carbocycles. The van der Waals surface area contributed by atoms with Gasteiger partial charge in [-0.1, -0.05) is 45.4 Å². The molecular formula is C36H62O2. The molecule has 2 nitrogen and oxygen atoms in total. The zero-order valence-electron chi connectivity index (χ0n) is 25.9. The van der Waals surface area contributed by atoms with Crippen LogP contribution in [0, 0.1) is 52.3 Å². The molecule has 0 radical (unpaired) electrons. The van der Waals surface area contributed by atoms with Crippen molar-refractivity contribution in [3.05, 3.63) is 0 Å². The number of unbranched alkanes of at least 4 members (excludes halogenated alkanes) is 5. The zero-order chi connectivity index (χ0) is 26.5. The molecular weight excluding hydrogens is 464 g/mol. The second-order valence-electron chi connectivity index (χ2n) is 16.6. The number of hydrogen-bond donors (Lipinski definition) is 0. The zero-order valence-corrected chi connectivity index (χ0v) is 25.9. The van der Waals surface area contributed by atoms with Gasteiger partial charge in [-0.3, -0.25) is 0 Å². The highest BCUT2D eigenvalue weighted by Crippen LogP contribution is 2.72. The molecule has 1 unspecified atom stereocenters. The first-order valence-corrected chi connectivity index (χ1v) is 17.6. The highest BCUT2D eigenvalue weighted by Gasteiger charge is 2.69. The van der Waals surface area contributed by atoms with E-state index in [9.17, 15) is 0 Å². The maximum atomic E-state index is 7.56. The Labute approximate surface area is 236 Å². The van der Waals surface area contributed by atoms with Crippen molar-refractivity contribution in [1.29, 1.82) is 0 Å². The minimum Gasteiger partial charge on any atom is -0.346 e. The molecule has 0 aromatic rings. The lowest BCUT2D eigenvalue weighted by Crippen LogP contribution is -2.68. The first kappa shape index (κ1) is 28.1. The fraction of sp³-hybridized carbons (Fsp3) is 1.00. The highest BCUT2D eigenvalue weighted by atomic mass is 16.7. The molecule has 1 atom stereocenters. The molecule has 0 aromatic carbocycles. The third-order valence-corrected chi connectivity index (χ3v) is 12.7. The van der Waals surface area contributed by atoms with Crippen LogP contribution in [0.2, 0.25) is 0 Å². The molecule has 218 valence electrons. The average Bonchev–Trinajstić information content (AvgIpc) is 2.80. The van der Waals surface area contributed by atoms with Gasteiger partial charge >= 0.3 is 0 Å². The third kappa shape index (κ3) is 5.07. The second kappa shape index (κ2) is 11.0. The number of ether oxygens (including phenoxy) is 2. The van der Waals surface area contributed by atoms with E-state index in [1.165, 1.54) is 122 Å². The molecule has 38 heavy (non-hydrogen) atoms. The Kier molecular flexibility index (Phi) is 8.09. The van der Waals surface area contributed by atoms with Crippen LogP contribution in [0.4, 0.5) is 0 Å². The van der Waals surface area contributed by atoms with E-state index in [0.717, 1.165) is 35.5 Å². The molecule has 0 saturated heterocycles. The van der Waals surface area contributed by atoms with Crippen LogP contribution in [0.1, 0.15) is 157 Å². The van der Waals surface area contributed by atoms with E-state index in [0.29, 0.717) is 11.3 Å². The molecule has 0 amide bonds. The summed E-state index contributed by atoms with van der Waals surface area (Å²) in [6.45, 7) is 11.6. The lowest BCUT2D eigenvalue weighted by atomic mass is 9.40. The van der Waals surface area contributed by atoms with Crippen molar-refractivity contribution in [3.63, 3.8) is 0 Å². The normalized spacial score (nSPS) is 42.1. The summed E-state index contributed by atoms with van der Waals surface area (Å²) in [5, 5.41) is 0. The fourth-order valence-electron chi connectivity index (χ4n) is 12.7. The molecule has 8 aliphatic rings. The Hall–Kier alpha value is -0.0800. The van der Waals surface area contributed by atoms with Gasteiger partial charge in [0.25, 0.3) is 0 Å². The van der Waals surface area contributed by atoms with E-state index in [-0.39, 0.29) is 23.4 Å². The summed E-state index contributed by atoms with van der Waals surface area (Å²) in [5.41, 5.74) is 0.706. The molecule has 0 aromatic heterocycles. The smallest absolute Gasteiger partial charge is 0.177 e. The minimum absolute atomic E-state index is 0.225. The van der Waals surface area contributed by atoms with Gasteiger partial charge in [-0.15, -0.1) is 0 Å². The second-order valence-corrected chi connectivity index (χ2v) is 16.6. The van der Waals surface area contributed by atoms with Crippen molar-refractivity contribution in [1.82, 2.24) is 0 Å². The van der Waals surface area contributed by atoms with Crippen LogP contribution in [0.5, 0.6) is 0 Å². The third-order valence-electron chi connectivity index (χ3n) is 12.7. The van der Waals surface area contributed by atoms with Crippen LogP contribution in [0.15, 0.2) is 0 Å².